The zero-order valence-corrected chi connectivity index (χ0v) is 16.6. The van der Waals surface area contributed by atoms with E-state index in [9.17, 15) is 24.2 Å². The zero-order valence-electron chi connectivity index (χ0n) is 14.2. The van der Waals surface area contributed by atoms with Gasteiger partial charge in [0.15, 0.2) is 5.56 Å². The normalized spacial score (nSPS) is 11.7. The summed E-state index contributed by atoms with van der Waals surface area (Å²) < 4.78 is 23.6. The van der Waals surface area contributed by atoms with Crippen LogP contribution in [0, 0.1) is 5.82 Å². The second-order valence-corrected chi connectivity index (χ2v) is 7.11. The van der Waals surface area contributed by atoms with Crippen molar-refractivity contribution in [1.82, 2.24) is 9.69 Å². The number of carbonyl (C=O) groups is 2. The molecule has 1 unspecified atom stereocenters. The minimum Gasteiger partial charge on any atom is -0.477 e. The third-order valence-corrected chi connectivity index (χ3v) is 4.69. The van der Waals surface area contributed by atoms with Gasteiger partial charge in [-0.15, -0.1) is 0 Å². The van der Waals surface area contributed by atoms with Gasteiger partial charge in [0.05, 0.1) is 6.10 Å². The van der Waals surface area contributed by atoms with E-state index in [1.165, 1.54) is 12.1 Å². The zero-order chi connectivity index (χ0) is 20.0. The molecule has 0 saturated heterocycles. The number of nitrogens with one attached hydrogen (secondary N) is 2. The van der Waals surface area contributed by atoms with Gasteiger partial charge in [-0.3, -0.25) is 5.32 Å². The first-order chi connectivity index (χ1) is 12.8. The summed E-state index contributed by atoms with van der Waals surface area (Å²) >= 11 is 3.87. The first-order valence-electron chi connectivity index (χ1n) is 7.84. The predicted octanol–water partition coefficient (Wildman–Crippen LogP) is 3.21. The number of carbonyl (C=O) groups excluding carboxylic acids is 1. The smallest absolute Gasteiger partial charge is 0.344 e. The number of halogens is 2. The number of aliphatic hydroxyl groups excluding tert-OH is 1. The molecule has 2 aromatic rings. The van der Waals surface area contributed by atoms with Crippen molar-refractivity contribution in [1.29, 1.82) is 0 Å². The fourth-order valence-electron chi connectivity index (χ4n) is 1.93. The fraction of sp³-hybridized carbons (Fsp3) is 0.312. The Hall–Kier alpha value is -2.24. The van der Waals surface area contributed by atoms with Crippen molar-refractivity contribution in [3.8, 4) is 5.88 Å². The molecule has 1 atom stereocenters. The van der Waals surface area contributed by atoms with Crippen molar-refractivity contribution in [2.45, 2.75) is 26.1 Å². The number of nitrogens with zero attached hydrogens (tertiary/aromatic N) is 1. The molecule has 146 valence electrons. The molecule has 8 nitrogen and oxygen atoms in total. The number of hydrogen-bond donors (Lipinski definition) is 4. The minimum atomic E-state index is -1.35. The summed E-state index contributed by atoms with van der Waals surface area (Å²) in [6, 6.07) is 3.71. The number of hydrogen-bond acceptors (Lipinski definition) is 6. The van der Waals surface area contributed by atoms with Crippen LogP contribution in [-0.4, -0.2) is 39.2 Å². The van der Waals surface area contributed by atoms with Crippen LogP contribution >= 0.6 is 27.5 Å². The van der Waals surface area contributed by atoms with Crippen molar-refractivity contribution >= 4 is 44.5 Å². The highest BCUT2D eigenvalue weighted by Crippen LogP contribution is 2.31. The highest BCUT2D eigenvalue weighted by molar-refractivity contribution is 9.10. The summed E-state index contributed by atoms with van der Waals surface area (Å²) in [7, 11) is 0. The molecule has 0 radical (unpaired) electrons. The average Bonchev–Trinajstić information content (AvgIpc) is 3.01. The van der Waals surface area contributed by atoms with Crippen LogP contribution in [0.15, 0.2) is 22.7 Å². The lowest BCUT2D eigenvalue weighted by atomic mass is 10.2. The summed E-state index contributed by atoms with van der Waals surface area (Å²) in [6.07, 6.45) is -0.234. The SMILES string of the molecule is CCC(O)CNC(=O)Nc1snc(OCc2ccc(Br)cc2F)c1C(=O)O. The van der Waals surface area contributed by atoms with Crippen LogP contribution in [0.5, 0.6) is 5.88 Å². The average molecular weight is 462 g/mol. The third kappa shape index (κ3) is 5.88. The van der Waals surface area contributed by atoms with E-state index in [0.717, 1.165) is 11.5 Å². The number of ether oxygens (including phenoxy) is 1. The Morgan fingerprint density at radius 3 is 2.81 bits per heavy atom. The number of urea groups is 1. The Bertz CT molecular complexity index is 832. The molecule has 0 saturated carbocycles. The molecule has 1 aromatic heterocycles. The third-order valence-electron chi connectivity index (χ3n) is 3.45. The number of aromatic carboxylic acids is 1. The Morgan fingerprint density at radius 1 is 1.44 bits per heavy atom. The Labute approximate surface area is 166 Å². The van der Waals surface area contributed by atoms with Crippen LogP contribution in [0.2, 0.25) is 0 Å². The van der Waals surface area contributed by atoms with Crippen molar-refractivity contribution in [2.75, 3.05) is 11.9 Å². The molecule has 0 aliphatic heterocycles. The molecule has 11 heteroatoms. The van der Waals surface area contributed by atoms with Gasteiger partial charge in [0.1, 0.15) is 17.4 Å². The van der Waals surface area contributed by atoms with E-state index in [-0.39, 0.29) is 35.2 Å². The molecule has 1 aromatic carbocycles. The van der Waals surface area contributed by atoms with Gasteiger partial charge in [-0.2, -0.15) is 4.37 Å². The lowest BCUT2D eigenvalue weighted by Gasteiger charge is -2.10. The van der Waals surface area contributed by atoms with E-state index < -0.39 is 23.9 Å². The maximum atomic E-state index is 13.8. The van der Waals surface area contributed by atoms with Gasteiger partial charge >= 0.3 is 12.0 Å². The summed E-state index contributed by atoms with van der Waals surface area (Å²) in [4.78, 5) is 23.3. The van der Waals surface area contributed by atoms with Crippen LogP contribution in [0.3, 0.4) is 0 Å². The number of anilines is 1. The van der Waals surface area contributed by atoms with E-state index >= 15 is 0 Å². The maximum Gasteiger partial charge on any atom is 0.344 e. The molecule has 2 rings (SSSR count). The second kappa shape index (κ2) is 9.62. The molecule has 4 N–H and O–H groups in total. The van der Waals surface area contributed by atoms with Gasteiger partial charge < -0.3 is 20.3 Å². The van der Waals surface area contributed by atoms with Gasteiger partial charge in [0, 0.05) is 16.6 Å². The molecule has 0 spiro atoms. The highest BCUT2D eigenvalue weighted by Gasteiger charge is 2.23. The lowest BCUT2D eigenvalue weighted by molar-refractivity contribution is 0.0693. The summed E-state index contributed by atoms with van der Waals surface area (Å²) in [5.74, 6) is -2.08. The second-order valence-electron chi connectivity index (χ2n) is 5.42. The number of aromatic nitrogens is 1. The molecule has 1 heterocycles. The number of aliphatic hydroxyl groups is 1. The highest BCUT2D eigenvalue weighted by atomic mass is 79.9. The first kappa shape index (κ1) is 21.1. The van der Waals surface area contributed by atoms with Crippen molar-refractivity contribution in [3.63, 3.8) is 0 Å². The topological polar surface area (TPSA) is 121 Å². The molecule has 27 heavy (non-hydrogen) atoms. The first-order valence-corrected chi connectivity index (χ1v) is 9.41. The molecule has 2 amide bonds. The largest absolute Gasteiger partial charge is 0.477 e. The molecule has 0 bridgehead atoms. The molecular formula is C16H17BrFN3O5S. The Kier molecular flexibility index (Phi) is 7.51. The number of rotatable bonds is 8. The fourth-order valence-corrected chi connectivity index (χ4v) is 2.99. The maximum absolute atomic E-state index is 13.8. The molecular weight excluding hydrogens is 445 g/mol. The molecule has 0 aliphatic rings. The van der Waals surface area contributed by atoms with Crippen LogP contribution in [-0.2, 0) is 6.61 Å². The van der Waals surface area contributed by atoms with E-state index in [4.69, 9.17) is 4.74 Å². The molecule has 0 aliphatic carbocycles. The van der Waals surface area contributed by atoms with Crippen LogP contribution in [0.1, 0.15) is 29.3 Å². The Morgan fingerprint density at radius 2 is 2.19 bits per heavy atom. The van der Waals surface area contributed by atoms with Crippen molar-refractivity contribution in [3.05, 3.63) is 39.6 Å². The van der Waals surface area contributed by atoms with E-state index in [1.807, 2.05) is 0 Å². The van der Waals surface area contributed by atoms with Gasteiger partial charge in [-0.25, -0.2) is 14.0 Å². The van der Waals surface area contributed by atoms with Crippen LogP contribution in [0.25, 0.3) is 0 Å². The van der Waals surface area contributed by atoms with Gasteiger partial charge in [-0.05, 0) is 30.1 Å². The number of carboxylic acids is 1. The van der Waals surface area contributed by atoms with Crippen molar-refractivity contribution in [2.24, 2.45) is 0 Å². The Balaban J connectivity index is 2.07. The molecule has 0 fully saturated rings. The quantitative estimate of drug-likeness (QED) is 0.478. The van der Waals surface area contributed by atoms with Crippen molar-refractivity contribution < 1.29 is 28.9 Å². The van der Waals surface area contributed by atoms with E-state index in [2.05, 4.69) is 30.9 Å². The summed E-state index contributed by atoms with van der Waals surface area (Å²) in [5.41, 5.74) is -0.105. The monoisotopic (exact) mass is 461 g/mol. The van der Waals surface area contributed by atoms with Gasteiger partial charge in [-0.1, -0.05) is 28.9 Å². The van der Waals surface area contributed by atoms with Gasteiger partial charge in [0.2, 0.25) is 5.88 Å². The van der Waals surface area contributed by atoms with E-state index in [1.54, 1.807) is 13.0 Å². The summed E-state index contributed by atoms with van der Waals surface area (Å²) in [6.45, 7) is 1.56. The van der Waals surface area contributed by atoms with Crippen LogP contribution < -0.4 is 15.4 Å². The number of benzene rings is 1. The number of amides is 2. The standard InChI is InChI=1S/C16H17BrFN3O5S/c1-2-10(22)6-19-16(25)20-14-12(15(23)24)13(21-27-14)26-7-8-3-4-9(17)5-11(8)18/h3-5,10,22H,2,6-7H2,1H3,(H,23,24)(H2,19,20,25). The van der Waals surface area contributed by atoms with Crippen LogP contribution in [0.4, 0.5) is 14.2 Å². The van der Waals surface area contributed by atoms with Gasteiger partial charge in [0.25, 0.3) is 0 Å². The predicted molar refractivity (Wildman–Crippen MR) is 101 cm³/mol. The summed E-state index contributed by atoms with van der Waals surface area (Å²) in [5, 5.41) is 23.6. The van der Waals surface area contributed by atoms with E-state index in [0.29, 0.717) is 10.9 Å². The lowest BCUT2D eigenvalue weighted by Crippen LogP contribution is -2.35. The number of carboxylic acid groups (broad SMARTS) is 1. The minimum absolute atomic E-state index is 0.0236.